The third-order valence-electron chi connectivity index (χ3n) is 5.57. The average molecular weight is 516 g/mol. The van der Waals surface area contributed by atoms with E-state index < -0.39 is 11.7 Å². The highest BCUT2D eigenvalue weighted by molar-refractivity contribution is 7.80. The van der Waals surface area contributed by atoms with Gasteiger partial charge in [0.25, 0.3) is 0 Å². The zero-order valence-corrected chi connectivity index (χ0v) is 20.3. The molecule has 0 bridgehead atoms. The summed E-state index contributed by atoms with van der Waals surface area (Å²) in [6, 6.07) is 28.3. The van der Waals surface area contributed by atoms with E-state index in [9.17, 15) is 9.18 Å². The number of rotatable bonds is 5. The van der Waals surface area contributed by atoms with Crippen LogP contribution in [0, 0.1) is 5.82 Å². The highest BCUT2D eigenvalue weighted by atomic mass is 35.5. The molecule has 0 radical (unpaired) electrons. The van der Waals surface area contributed by atoms with Crippen LogP contribution in [0.25, 0.3) is 22.6 Å². The maximum Gasteiger partial charge on any atom is 0.238 e. The van der Waals surface area contributed by atoms with E-state index in [1.165, 1.54) is 18.2 Å². The fourth-order valence-corrected chi connectivity index (χ4v) is 4.38. The molecule has 0 saturated carbocycles. The van der Waals surface area contributed by atoms with Crippen LogP contribution in [0.1, 0.15) is 17.0 Å². The molecule has 0 fully saturated rings. The summed E-state index contributed by atoms with van der Waals surface area (Å²) in [7, 11) is 0. The van der Waals surface area contributed by atoms with Gasteiger partial charge in [-0.15, -0.1) is 0 Å². The highest BCUT2D eigenvalue weighted by Crippen LogP contribution is 2.31. The standard InChI is InChI=1S/C28H19ClFN3O2S/c29-22-15-19(30)11-13-21(22)27-32-23-16-20(12-14-24(23)35-27)31-28(36)33-26(34)25(17-7-3-1-4-8-17)18-9-5-2-6-10-18/h1-16,25H,(H2,31,33,34,36). The third-order valence-corrected chi connectivity index (χ3v) is 6.09. The van der Waals surface area contributed by atoms with Crippen molar-refractivity contribution in [3.8, 4) is 11.5 Å². The van der Waals surface area contributed by atoms with Crippen molar-refractivity contribution in [2.45, 2.75) is 5.92 Å². The van der Waals surface area contributed by atoms with Gasteiger partial charge in [-0.25, -0.2) is 9.37 Å². The van der Waals surface area contributed by atoms with Gasteiger partial charge in [0, 0.05) is 5.69 Å². The van der Waals surface area contributed by atoms with E-state index in [0.717, 1.165) is 11.1 Å². The summed E-state index contributed by atoms with van der Waals surface area (Å²) in [6.07, 6.45) is 0. The second-order valence-electron chi connectivity index (χ2n) is 8.02. The number of nitrogens with one attached hydrogen (secondary N) is 2. The Labute approximate surface area is 216 Å². The molecule has 1 aromatic heterocycles. The highest BCUT2D eigenvalue weighted by Gasteiger charge is 2.23. The fourth-order valence-electron chi connectivity index (χ4n) is 3.92. The summed E-state index contributed by atoms with van der Waals surface area (Å²) in [6.45, 7) is 0. The summed E-state index contributed by atoms with van der Waals surface area (Å²) in [5, 5.41) is 6.19. The van der Waals surface area contributed by atoms with Crippen LogP contribution in [0.3, 0.4) is 0 Å². The number of aromatic nitrogens is 1. The van der Waals surface area contributed by atoms with Crippen molar-refractivity contribution >= 4 is 51.6 Å². The van der Waals surface area contributed by atoms with E-state index in [1.54, 1.807) is 18.2 Å². The van der Waals surface area contributed by atoms with E-state index >= 15 is 0 Å². The Morgan fingerprint density at radius 3 is 2.22 bits per heavy atom. The average Bonchev–Trinajstić information content (AvgIpc) is 3.28. The molecule has 5 rings (SSSR count). The number of nitrogens with zero attached hydrogens (tertiary/aromatic N) is 1. The lowest BCUT2D eigenvalue weighted by Gasteiger charge is -2.18. The van der Waals surface area contributed by atoms with Crippen molar-refractivity contribution in [2.24, 2.45) is 0 Å². The molecule has 4 aromatic carbocycles. The molecule has 0 aliphatic heterocycles. The van der Waals surface area contributed by atoms with Gasteiger partial charge in [-0.2, -0.15) is 0 Å². The van der Waals surface area contributed by atoms with E-state index in [1.807, 2.05) is 60.7 Å². The van der Waals surface area contributed by atoms with Gasteiger partial charge in [0.2, 0.25) is 11.8 Å². The van der Waals surface area contributed by atoms with Crippen LogP contribution < -0.4 is 10.6 Å². The largest absolute Gasteiger partial charge is 0.436 e. The number of fused-ring (bicyclic) bond motifs is 1. The van der Waals surface area contributed by atoms with Crippen molar-refractivity contribution in [1.82, 2.24) is 10.3 Å². The smallest absolute Gasteiger partial charge is 0.238 e. The van der Waals surface area contributed by atoms with Crippen molar-refractivity contribution in [3.63, 3.8) is 0 Å². The quantitative estimate of drug-likeness (QED) is 0.248. The molecule has 178 valence electrons. The molecule has 5 nitrogen and oxygen atoms in total. The number of benzene rings is 4. The zero-order valence-electron chi connectivity index (χ0n) is 18.7. The second-order valence-corrected chi connectivity index (χ2v) is 8.84. The van der Waals surface area contributed by atoms with Crippen molar-refractivity contribution in [3.05, 3.63) is 119 Å². The van der Waals surface area contributed by atoms with Crippen LogP contribution in [0.4, 0.5) is 10.1 Å². The Bertz CT molecular complexity index is 1520. The first-order valence-electron chi connectivity index (χ1n) is 11.1. The molecule has 0 saturated heterocycles. The number of anilines is 1. The number of hydrogen-bond donors (Lipinski definition) is 2. The Hall–Kier alpha value is -4.07. The normalized spacial score (nSPS) is 11.0. The minimum atomic E-state index is -0.520. The van der Waals surface area contributed by atoms with Crippen LogP contribution in [0.15, 0.2) is 101 Å². The van der Waals surface area contributed by atoms with Crippen molar-refractivity contribution < 1.29 is 13.6 Å². The monoisotopic (exact) mass is 515 g/mol. The molecular weight excluding hydrogens is 497 g/mol. The first kappa shape index (κ1) is 23.7. The van der Waals surface area contributed by atoms with Gasteiger partial charge >= 0.3 is 0 Å². The summed E-state index contributed by atoms with van der Waals surface area (Å²) in [5.41, 5.74) is 3.91. The fraction of sp³-hybridized carbons (Fsp3) is 0.0357. The number of oxazole rings is 1. The minimum Gasteiger partial charge on any atom is -0.436 e. The molecule has 8 heteroatoms. The molecule has 5 aromatic rings. The Morgan fingerprint density at radius 2 is 1.58 bits per heavy atom. The van der Waals surface area contributed by atoms with Crippen LogP contribution in [-0.4, -0.2) is 16.0 Å². The number of carbonyl (C=O) groups excluding carboxylic acids is 1. The van der Waals surface area contributed by atoms with Gasteiger partial charge in [0.1, 0.15) is 11.3 Å². The summed E-state index contributed by atoms with van der Waals surface area (Å²) in [5.74, 6) is -0.936. The molecule has 1 heterocycles. The van der Waals surface area contributed by atoms with E-state index in [4.69, 9.17) is 28.2 Å². The minimum absolute atomic E-state index is 0.154. The van der Waals surface area contributed by atoms with Crippen LogP contribution in [0.5, 0.6) is 0 Å². The summed E-state index contributed by atoms with van der Waals surface area (Å²) >= 11 is 11.6. The SMILES string of the molecule is O=C(NC(=S)Nc1ccc2oc(-c3ccc(F)cc3Cl)nc2c1)C(c1ccccc1)c1ccccc1. The molecular formula is C28H19ClFN3O2S. The molecule has 0 spiro atoms. The molecule has 0 atom stereocenters. The predicted octanol–water partition coefficient (Wildman–Crippen LogP) is 6.93. The van der Waals surface area contributed by atoms with E-state index in [-0.39, 0.29) is 21.9 Å². The number of amides is 1. The molecule has 2 N–H and O–H groups in total. The van der Waals surface area contributed by atoms with Crippen LogP contribution >= 0.6 is 23.8 Å². The number of thiocarbonyl (C=S) groups is 1. The van der Waals surface area contributed by atoms with Crippen molar-refractivity contribution in [1.29, 1.82) is 0 Å². The zero-order chi connectivity index (χ0) is 25.1. The second kappa shape index (κ2) is 10.3. The third kappa shape index (κ3) is 5.12. The molecule has 0 aliphatic carbocycles. The van der Waals surface area contributed by atoms with Crippen LogP contribution in [0.2, 0.25) is 5.02 Å². The lowest BCUT2D eigenvalue weighted by molar-refractivity contribution is -0.120. The number of halogens is 2. The van der Waals surface area contributed by atoms with E-state index in [0.29, 0.717) is 22.4 Å². The number of carbonyl (C=O) groups is 1. The van der Waals surface area contributed by atoms with Gasteiger partial charge in [-0.3, -0.25) is 4.79 Å². The summed E-state index contributed by atoms with van der Waals surface area (Å²) in [4.78, 5) is 17.7. The molecule has 0 aliphatic rings. The Morgan fingerprint density at radius 1 is 0.917 bits per heavy atom. The van der Waals surface area contributed by atoms with Crippen LogP contribution in [-0.2, 0) is 4.79 Å². The van der Waals surface area contributed by atoms with Gasteiger partial charge in [0.05, 0.1) is 16.5 Å². The van der Waals surface area contributed by atoms with Gasteiger partial charge in [-0.1, -0.05) is 72.3 Å². The summed E-state index contributed by atoms with van der Waals surface area (Å²) < 4.78 is 19.2. The lowest BCUT2D eigenvalue weighted by atomic mass is 9.90. The predicted molar refractivity (Wildman–Crippen MR) is 144 cm³/mol. The first-order chi connectivity index (χ1) is 17.5. The first-order valence-corrected chi connectivity index (χ1v) is 11.8. The maximum absolute atomic E-state index is 13.4. The topological polar surface area (TPSA) is 67.2 Å². The Balaban J connectivity index is 1.34. The Kier molecular flexibility index (Phi) is 6.75. The maximum atomic E-state index is 13.4. The van der Waals surface area contributed by atoms with Gasteiger partial charge in [0.15, 0.2) is 10.7 Å². The van der Waals surface area contributed by atoms with E-state index in [2.05, 4.69) is 15.6 Å². The molecule has 1 amide bonds. The molecule has 36 heavy (non-hydrogen) atoms. The van der Waals surface area contributed by atoms with Gasteiger partial charge in [-0.05, 0) is 59.7 Å². The molecule has 0 unspecified atom stereocenters. The van der Waals surface area contributed by atoms with Gasteiger partial charge < -0.3 is 15.1 Å². The lowest BCUT2D eigenvalue weighted by Crippen LogP contribution is -2.37. The van der Waals surface area contributed by atoms with Crippen molar-refractivity contribution in [2.75, 3.05) is 5.32 Å². The number of hydrogen-bond acceptors (Lipinski definition) is 4.